The predicted octanol–water partition coefficient (Wildman–Crippen LogP) is 3.60. The van der Waals surface area contributed by atoms with Crippen molar-refractivity contribution in [3.8, 4) is 0 Å². The fraction of sp³-hybridized carbons (Fsp3) is 0.650. The zero-order chi connectivity index (χ0) is 21.3. The van der Waals surface area contributed by atoms with Crippen molar-refractivity contribution in [2.24, 2.45) is 5.92 Å². The SMILES string of the molecule is CCOC(=O)c1c(NC(=O)[C@H]2C[C@@H]2F)sc2c1C[C@@H](NC(=O)OC(C)(C)C)CC2. The summed E-state index contributed by atoms with van der Waals surface area (Å²) < 4.78 is 23.7. The number of carbonyl (C=O) groups is 3. The first kappa shape index (κ1) is 21.5. The van der Waals surface area contributed by atoms with Gasteiger partial charge in [0.1, 0.15) is 16.8 Å². The van der Waals surface area contributed by atoms with Crippen LogP contribution >= 0.6 is 11.3 Å². The van der Waals surface area contributed by atoms with Gasteiger partial charge in [0, 0.05) is 10.9 Å². The number of amides is 2. The summed E-state index contributed by atoms with van der Waals surface area (Å²) in [7, 11) is 0. The number of alkyl carbamates (subject to hydrolysis) is 1. The average molecular weight is 427 g/mol. The lowest BCUT2D eigenvalue weighted by molar-refractivity contribution is -0.117. The van der Waals surface area contributed by atoms with Crippen LogP contribution in [0.3, 0.4) is 0 Å². The van der Waals surface area contributed by atoms with Crippen molar-refractivity contribution < 1.29 is 28.2 Å². The summed E-state index contributed by atoms with van der Waals surface area (Å²) in [5.74, 6) is -1.58. The van der Waals surface area contributed by atoms with E-state index in [2.05, 4.69) is 10.6 Å². The van der Waals surface area contributed by atoms with Crippen molar-refractivity contribution in [1.29, 1.82) is 0 Å². The molecule has 0 bridgehead atoms. The number of fused-ring (bicyclic) bond motifs is 1. The highest BCUT2D eigenvalue weighted by atomic mass is 32.1. The highest BCUT2D eigenvalue weighted by molar-refractivity contribution is 7.17. The van der Waals surface area contributed by atoms with Crippen LogP contribution in [0, 0.1) is 5.92 Å². The molecule has 0 spiro atoms. The van der Waals surface area contributed by atoms with Crippen LogP contribution in [0.5, 0.6) is 0 Å². The van der Waals surface area contributed by atoms with Crippen molar-refractivity contribution in [3.63, 3.8) is 0 Å². The third-order valence-corrected chi connectivity index (χ3v) is 5.95. The summed E-state index contributed by atoms with van der Waals surface area (Å²) in [5.41, 5.74) is 0.479. The Morgan fingerprint density at radius 3 is 2.55 bits per heavy atom. The lowest BCUT2D eigenvalue weighted by Gasteiger charge is -2.26. The van der Waals surface area contributed by atoms with Gasteiger partial charge >= 0.3 is 12.1 Å². The molecule has 2 N–H and O–H groups in total. The molecule has 2 amide bonds. The second-order valence-electron chi connectivity index (χ2n) is 8.36. The molecule has 9 heteroatoms. The Balaban J connectivity index is 1.79. The van der Waals surface area contributed by atoms with Gasteiger partial charge in [-0.2, -0.15) is 0 Å². The number of rotatable bonds is 5. The van der Waals surface area contributed by atoms with Gasteiger partial charge in [0.05, 0.1) is 18.1 Å². The molecule has 1 heterocycles. The number of hydrogen-bond acceptors (Lipinski definition) is 6. The summed E-state index contributed by atoms with van der Waals surface area (Å²) in [4.78, 5) is 37.9. The summed E-state index contributed by atoms with van der Waals surface area (Å²) >= 11 is 1.32. The Labute approximate surface area is 173 Å². The molecule has 0 saturated heterocycles. The van der Waals surface area contributed by atoms with E-state index in [1.54, 1.807) is 27.7 Å². The second-order valence-corrected chi connectivity index (χ2v) is 9.47. The van der Waals surface area contributed by atoms with Crippen LogP contribution < -0.4 is 10.6 Å². The maximum atomic E-state index is 13.2. The number of aryl methyl sites for hydroxylation is 1. The van der Waals surface area contributed by atoms with Gasteiger partial charge in [0.2, 0.25) is 5.91 Å². The highest BCUT2D eigenvalue weighted by Gasteiger charge is 2.44. The summed E-state index contributed by atoms with van der Waals surface area (Å²) in [6.07, 6.45) is 0.376. The number of nitrogens with one attached hydrogen (secondary N) is 2. The van der Waals surface area contributed by atoms with Crippen molar-refractivity contribution >= 4 is 34.3 Å². The van der Waals surface area contributed by atoms with Gasteiger partial charge in [-0.15, -0.1) is 11.3 Å². The number of thiophene rings is 1. The summed E-state index contributed by atoms with van der Waals surface area (Å²) in [5, 5.41) is 5.96. The highest BCUT2D eigenvalue weighted by Crippen LogP contribution is 2.41. The molecule has 3 atom stereocenters. The molecule has 2 aliphatic carbocycles. The van der Waals surface area contributed by atoms with Gasteiger partial charge in [-0.05, 0) is 58.9 Å². The molecular weight excluding hydrogens is 399 g/mol. The number of anilines is 1. The minimum atomic E-state index is -1.11. The van der Waals surface area contributed by atoms with Crippen LogP contribution in [-0.2, 0) is 27.1 Å². The first-order valence-electron chi connectivity index (χ1n) is 9.85. The second kappa shape index (κ2) is 8.30. The molecule has 0 aliphatic heterocycles. The standard InChI is InChI=1S/C20H27FN2O5S/c1-5-27-18(25)15-12-8-10(22-19(26)28-20(2,3)4)6-7-14(12)29-17(15)23-16(24)11-9-13(11)21/h10-11,13H,5-9H2,1-4H3,(H,22,26)(H,23,24)/t10-,11-,13-/m0/s1. The molecule has 29 heavy (non-hydrogen) atoms. The van der Waals surface area contributed by atoms with E-state index in [0.717, 1.165) is 10.4 Å². The van der Waals surface area contributed by atoms with Gasteiger partial charge in [-0.25, -0.2) is 14.0 Å². The first-order chi connectivity index (χ1) is 13.6. The van der Waals surface area contributed by atoms with Crippen LogP contribution in [0.25, 0.3) is 0 Å². The van der Waals surface area contributed by atoms with Gasteiger partial charge in [-0.3, -0.25) is 4.79 Å². The number of alkyl halides is 1. The Morgan fingerprint density at radius 2 is 1.97 bits per heavy atom. The van der Waals surface area contributed by atoms with Crippen LogP contribution in [0.4, 0.5) is 14.2 Å². The number of halogens is 1. The number of hydrogen-bond donors (Lipinski definition) is 2. The Kier molecular flexibility index (Phi) is 6.16. The molecule has 0 unspecified atom stereocenters. The van der Waals surface area contributed by atoms with Gasteiger partial charge in [0.15, 0.2) is 0 Å². The van der Waals surface area contributed by atoms with E-state index in [-0.39, 0.29) is 19.1 Å². The minimum absolute atomic E-state index is 0.192. The monoisotopic (exact) mass is 426 g/mol. The molecule has 0 radical (unpaired) electrons. The predicted molar refractivity (Wildman–Crippen MR) is 107 cm³/mol. The molecule has 1 fully saturated rings. The van der Waals surface area contributed by atoms with E-state index in [0.29, 0.717) is 29.8 Å². The normalized spacial score (nSPS) is 23.0. The molecule has 7 nitrogen and oxygen atoms in total. The third kappa shape index (κ3) is 5.26. The van der Waals surface area contributed by atoms with Crippen LogP contribution in [0.1, 0.15) is 61.3 Å². The van der Waals surface area contributed by atoms with E-state index in [1.165, 1.54) is 11.3 Å². The Bertz CT molecular complexity index is 817. The number of ether oxygens (including phenoxy) is 2. The van der Waals surface area contributed by atoms with Crippen molar-refractivity contribution in [2.75, 3.05) is 11.9 Å². The average Bonchev–Trinajstić information content (AvgIpc) is 3.22. The molecule has 1 aromatic heterocycles. The summed E-state index contributed by atoms with van der Waals surface area (Å²) in [6.45, 7) is 7.28. The topological polar surface area (TPSA) is 93.7 Å². The van der Waals surface area contributed by atoms with Gasteiger partial charge in [0.25, 0.3) is 0 Å². The van der Waals surface area contributed by atoms with Crippen molar-refractivity contribution in [3.05, 3.63) is 16.0 Å². The van der Waals surface area contributed by atoms with Gasteiger partial charge < -0.3 is 20.1 Å². The Hall–Kier alpha value is -2.16. The zero-order valence-corrected chi connectivity index (χ0v) is 17.9. The molecular formula is C20H27FN2O5S. The lowest BCUT2D eigenvalue weighted by atomic mass is 9.91. The van der Waals surface area contributed by atoms with E-state index in [4.69, 9.17) is 9.47 Å². The van der Waals surface area contributed by atoms with E-state index in [9.17, 15) is 18.8 Å². The van der Waals surface area contributed by atoms with E-state index < -0.39 is 35.7 Å². The smallest absolute Gasteiger partial charge is 0.407 e. The maximum absolute atomic E-state index is 13.2. The zero-order valence-electron chi connectivity index (χ0n) is 17.1. The number of carbonyl (C=O) groups excluding carboxylic acids is 3. The molecule has 160 valence electrons. The van der Waals surface area contributed by atoms with E-state index in [1.807, 2.05) is 0 Å². The quantitative estimate of drug-likeness (QED) is 0.702. The van der Waals surface area contributed by atoms with Crippen LogP contribution in [-0.4, -0.2) is 42.4 Å². The fourth-order valence-electron chi connectivity index (χ4n) is 3.33. The lowest BCUT2D eigenvalue weighted by Crippen LogP contribution is -2.41. The molecule has 2 aliphatic rings. The Morgan fingerprint density at radius 1 is 1.28 bits per heavy atom. The molecule has 0 aromatic carbocycles. The maximum Gasteiger partial charge on any atom is 0.407 e. The van der Waals surface area contributed by atoms with Crippen LogP contribution in [0.15, 0.2) is 0 Å². The van der Waals surface area contributed by atoms with E-state index >= 15 is 0 Å². The largest absolute Gasteiger partial charge is 0.462 e. The van der Waals surface area contributed by atoms with Gasteiger partial charge in [-0.1, -0.05) is 0 Å². The number of esters is 1. The third-order valence-electron chi connectivity index (χ3n) is 4.75. The van der Waals surface area contributed by atoms with Crippen molar-refractivity contribution in [2.45, 2.75) is 71.2 Å². The molecule has 1 saturated carbocycles. The molecule has 1 aromatic rings. The summed E-state index contributed by atoms with van der Waals surface area (Å²) in [6, 6.07) is -0.192. The fourth-order valence-corrected chi connectivity index (χ4v) is 4.56. The first-order valence-corrected chi connectivity index (χ1v) is 10.7. The van der Waals surface area contributed by atoms with Crippen molar-refractivity contribution in [1.82, 2.24) is 5.32 Å². The molecule has 3 rings (SSSR count). The minimum Gasteiger partial charge on any atom is -0.462 e. The van der Waals surface area contributed by atoms with Crippen LogP contribution in [0.2, 0.25) is 0 Å².